The number of aliphatic hydroxyl groups is 3. The van der Waals surface area contributed by atoms with Gasteiger partial charge in [0, 0.05) is 6.00 Å². The largest absolute Gasteiger partial charge is 0.472 e. The fourth-order valence-corrected chi connectivity index (χ4v) is 2.44. The standard InChI is InChI=1S/C8H16BO8P/c9-8-1-6(7(3-11)16-8)17-18(13,14)15-4-5(12)2-10/h5-8,10-12H,1-4H2,(H,13,14)/t5-,6?,7+,8+/m0/s1. The van der Waals surface area contributed by atoms with Crippen LogP contribution in [0.15, 0.2) is 0 Å². The molecule has 2 radical (unpaired) electrons. The maximum Gasteiger partial charge on any atom is 0.472 e. The molecule has 104 valence electrons. The predicted octanol–water partition coefficient (Wildman–Crippen LogP) is -1.88. The molecule has 1 saturated heterocycles. The van der Waals surface area contributed by atoms with Crippen LogP contribution < -0.4 is 0 Å². The number of phosphoric ester groups is 1. The summed E-state index contributed by atoms with van der Waals surface area (Å²) >= 11 is 0. The normalized spacial score (nSPS) is 33.2. The average molecular weight is 282 g/mol. The van der Waals surface area contributed by atoms with Gasteiger partial charge in [-0.05, 0) is 6.42 Å². The van der Waals surface area contributed by atoms with Crippen molar-refractivity contribution < 1.29 is 38.6 Å². The van der Waals surface area contributed by atoms with Crippen LogP contribution in [0.3, 0.4) is 0 Å². The first-order valence-electron chi connectivity index (χ1n) is 5.34. The van der Waals surface area contributed by atoms with E-state index in [2.05, 4.69) is 4.52 Å². The highest BCUT2D eigenvalue weighted by atomic mass is 31.2. The molecule has 1 fully saturated rings. The molecule has 0 amide bonds. The Bertz CT molecular complexity index is 303. The molecule has 0 spiro atoms. The first-order chi connectivity index (χ1) is 8.38. The summed E-state index contributed by atoms with van der Waals surface area (Å²) in [7, 11) is 1.05. The summed E-state index contributed by atoms with van der Waals surface area (Å²) in [5, 5.41) is 26.5. The van der Waals surface area contributed by atoms with Crippen LogP contribution in [-0.4, -0.2) is 72.2 Å². The van der Waals surface area contributed by atoms with E-state index in [0.717, 1.165) is 0 Å². The topological polar surface area (TPSA) is 126 Å². The Morgan fingerprint density at radius 1 is 1.50 bits per heavy atom. The summed E-state index contributed by atoms with van der Waals surface area (Å²) in [6, 6.07) is -0.685. The molecule has 0 aromatic heterocycles. The number of ether oxygens (including phenoxy) is 1. The van der Waals surface area contributed by atoms with E-state index in [0.29, 0.717) is 0 Å². The number of phosphoric acid groups is 1. The van der Waals surface area contributed by atoms with Gasteiger partial charge >= 0.3 is 7.82 Å². The van der Waals surface area contributed by atoms with E-state index < -0.39 is 52.0 Å². The Morgan fingerprint density at radius 3 is 2.72 bits per heavy atom. The van der Waals surface area contributed by atoms with Crippen LogP contribution >= 0.6 is 7.82 Å². The third-order valence-corrected chi connectivity index (χ3v) is 3.33. The van der Waals surface area contributed by atoms with Gasteiger partial charge in [0.05, 0.1) is 25.9 Å². The highest BCUT2D eigenvalue weighted by molar-refractivity contribution is 7.47. The van der Waals surface area contributed by atoms with Gasteiger partial charge in [-0.1, -0.05) is 0 Å². The molecule has 5 atom stereocenters. The Morgan fingerprint density at radius 2 is 2.17 bits per heavy atom. The van der Waals surface area contributed by atoms with E-state index in [-0.39, 0.29) is 6.42 Å². The van der Waals surface area contributed by atoms with Gasteiger partial charge in [0.1, 0.15) is 20.1 Å². The predicted molar refractivity (Wildman–Crippen MR) is 59.9 cm³/mol. The zero-order valence-electron chi connectivity index (χ0n) is 9.58. The molecule has 18 heavy (non-hydrogen) atoms. The molecule has 2 unspecified atom stereocenters. The van der Waals surface area contributed by atoms with Crippen LogP contribution in [0.5, 0.6) is 0 Å². The maximum absolute atomic E-state index is 11.5. The molecular formula is C8H16BO8P. The van der Waals surface area contributed by atoms with Crippen LogP contribution in [0.25, 0.3) is 0 Å². The molecular weight excluding hydrogens is 266 g/mol. The zero-order valence-corrected chi connectivity index (χ0v) is 10.5. The number of hydrogen-bond acceptors (Lipinski definition) is 7. The minimum atomic E-state index is -4.40. The highest BCUT2D eigenvalue weighted by Crippen LogP contribution is 2.47. The summed E-state index contributed by atoms with van der Waals surface area (Å²) in [4.78, 5) is 9.36. The molecule has 4 N–H and O–H groups in total. The lowest BCUT2D eigenvalue weighted by Crippen LogP contribution is -2.28. The van der Waals surface area contributed by atoms with Gasteiger partial charge in [-0.25, -0.2) is 4.57 Å². The minimum Gasteiger partial charge on any atom is -0.394 e. The Hall–Kier alpha value is 0.0149. The third kappa shape index (κ3) is 4.95. The molecule has 10 heteroatoms. The summed E-state index contributed by atoms with van der Waals surface area (Å²) in [5.74, 6) is 0. The second-order valence-electron chi connectivity index (χ2n) is 3.88. The van der Waals surface area contributed by atoms with Gasteiger partial charge in [-0.15, -0.1) is 0 Å². The second kappa shape index (κ2) is 6.97. The minimum absolute atomic E-state index is 0.141. The van der Waals surface area contributed by atoms with Crippen molar-refractivity contribution in [3.05, 3.63) is 0 Å². The molecule has 0 aliphatic carbocycles. The smallest absolute Gasteiger partial charge is 0.394 e. The highest BCUT2D eigenvalue weighted by Gasteiger charge is 2.38. The van der Waals surface area contributed by atoms with E-state index in [1.807, 2.05) is 0 Å². The van der Waals surface area contributed by atoms with Crippen molar-refractivity contribution in [1.29, 1.82) is 0 Å². The van der Waals surface area contributed by atoms with Crippen molar-refractivity contribution in [2.75, 3.05) is 19.8 Å². The van der Waals surface area contributed by atoms with E-state index in [4.69, 9.17) is 32.4 Å². The van der Waals surface area contributed by atoms with Gasteiger partial charge in [-0.3, -0.25) is 9.05 Å². The van der Waals surface area contributed by atoms with Crippen molar-refractivity contribution in [3.8, 4) is 0 Å². The van der Waals surface area contributed by atoms with Crippen molar-refractivity contribution in [2.45, 2.75) is 30.7 Å². The first kappa shape index (κ1) is 16.1. The molecule has 0 aromatic carbocycles. The fourth-order valence-electron chi connectivity index (χ4n) is 1.45. The van der Waals surface area contributed by atoms with E-state index in [9.17, 15) is 9.46 Å². The van der Waals surface area contributed by atoms with Gasteiger partial charge < -0.3 is 24.9 Å². The van der Waals surface area contributed by atoms with Crippen molar-refractivity contribution >= 4 is 15.7 Å². The lowest BCUT2D eigenvalue weighted by atomic mass is 9.96. The molecule has 1 aliphatic rings. The van der Waals surface area contributed by atoms with E-state index in [1.165, 1.54) is 0 Å². The van der Waals surface area contributed by atoms with Crippen LogP contribution in [0.1, 0.15) is 6.42 Å². The summed E-state index contributed by atoms with van der Waals surface area (Å²) in [6.45, 7) is -1.55. The number of hydrogen-bond donors (Lipinski definition) is 4. The molecule has 1 aliphatic heterocycles. The third-order valence-electron chi connectivity index (χ3n) is 2.32. The maximum atomic E-state index is 11.5. The van der Waals surface area contributed by atoms with Gasteiger partial charge in [-0.2, -0.15) is 0 Å². The van der Waals surface area contributed by atoms with Crippen LogP contribution in [-0.2, 0) is 18.3 Å². The zero-order chi connectivity index (χ0) is 13.8. The summed E-state index contributed by atoms with van der Waals surface area (Å²) < 4.78 is 25.8. The quantitative estimate of drug-likeness (QED) is 0.316. The Labute approximate surface area is 106 Å². The molecule has 0 aromatic rings. The van der Waals surface area contributed by atoms with Gasteiger partial charge in [0.2, 0.25) is 0 Å². The first-order valence-corrected chi connectivity index (χ1v) is 6.84. The Kier molecular flexibility index (Phi) is 6.23. The van der Waals surface area contributed by atoms with E-state index >= 15 is 0 Å². The van der Waals surface area contributed by atoms with Crippen LogP contribution in [0.2, 0.25) is 0 Å². The number of aliphatic hydroxyl groups excluding tert-OH is 3. The molecule has 0 bridgehead atoms. The van der Waals surface area contributed by atoms with Crippen LogP contribution in [0, 0.1) is 0 Å². The van der Waals surface area contributed by atoms with Crippen molar-refractivity contribution in [3.63, 3.8) is 0 Å². The second-order valence-corrected chi connectivity index (χ2v) is 5.28. The van der Waals surface area contributed by atoms with Gasteiger partial charge in [0.25, 0.3) is 0 Å². The number of rotatable bonds is 7. The van der Waals surface area contributed by atoms with Gasteiger partial charge in [0.15, 0.2) is 0 Å². The average Bonchev–Trinajstić information content (AvgIpc) is 2.65. The summed E-state index contributed by atoms with van der Waals surface area (Å²) in [6.07, 6.45) is -2.80. The SMILES string of the molecule is [B][C@H]1CC(OP(=O)(O)OC[C@@H](O)CO)[C@@H](CO)O1. The van der Waals surface area contributed by atoms with E-state index in [1.54, 1.807) is 0 Å². The Balaban J connectivity index is 2.46. The molecule has 8 nitrogen and oxygen atoms in total. The van der Waals surface area contributed by atoms with Crippen LogP contribution in [0.4, 0.5) is 0 Å². The lowest BCUT2D eigenvalue weighted by molar-refractivity contribution is -0.0141. The summed E-state index contributed by atoms with van der Waals surface area (Å²) in [5.41, 5.74) is 0. The molecule has 0 saturated carbocycles. The molecule has 1 rings (SSSR count). The fraction of sp³-hybridized carbons (Fsp3) is 1.00. The van der Waals surface area contributed by atoms with Crippen molar-refractivity contribution in [2.24, 2.45) is 0 Å². The van der Waals surface area contributed by atoms with Crippen molar-refractivity contribution in [1.82, 2.24) is 0 Å². The lowest BCUT2D eigenvalue weighted by Gasteiger charge is -2.20. The molecule has 1 heterocycles. The monoisotopic (exact) mass is 282 g/mol.